The lowest BCUT2D eigenvalue weighted by molar-refractivity contribution is -0.141. The van der Waals surface area contributed by atoms with Gasteiger partial charge in [0, 0.05) is 49.7 Å². The summed E-state index contributed by atoms with van der Waals surface area (Å²) in [7, 11) is 0. The van der Waals surface area contributed by atoms with Gasteiger partial charge in [0.25, 0.3) is 0 Å². The number of carbonyl (C=O) groups excluding carboxylic acids is 1. The molecule has 1 saturated heterocycles. The van der Waals surface area contributed by atoms with Crippen molar-refractivity contribution in [3.8, 4) is 0 Å². The number of aryl methyl sites for hydroxylation is 1. The Hall–Kier alpha value is -1.84. The Bertz CT molecular complexity index is 904. The number of alkyl halides is 3. The van der Waals surface area contributed by atoms with Gasteiger partial charge in [-0.15, -0.1) is 0 Å². The fourth-order valence-corrected chi connectivity index (χ4v) is 3.81. The molecule has 1 aliphatic rings. The van der Waals surface area contributed by atoms with Gasteiger partial charge in [0.1, 0.15) is 5.82 Å². The summed E-state index contributed by atoms with van der Waals surface area (Å²) in [6.07, 6.45) is -4.64. The van der Waals surface area contributed by atoms with Crippen LogP contribution in [-0.4, -0.2) is 51.7 Å². The number of amides is 1. The van der Waals surface area contributed by atoms with E-state index < -0.39 is 16.9 Å². The SMILES string of the molecule is Cc1c(Cl)c(C(F)(F)F)nn1CCC(=O)N1CCN(Cc2c(F)cccc2Cl)CC1. The van der Waals surface area contributed by atoms with Crippen molar-refractivity contribution < 1.29 is 22.4 Å². The van der Waals surface area contributed by atoms with Gasteiger partial charge in [-0.05, 0) is 19.1 Å². The van der Waals surface area contributed by atoms with Crippen LogP contribution >= 0.6 is 23.2 Å². The summed E-state index contributed by atoms with van der Waals surface area (Å²) < 4.78 is 53.8. The van der Waals surface area contributed by atoms with Crippen LogP contribution in [-0.2, 0) is 24.1 Å². The van der Waals surface area contributed by atoms with Crippen LogP contribution in [0.2, 0.25) is 10.0 Å². The zero-order valence-electron chi connectivity index (χ0n) is 16.1. The lowest BCUT2D eigenvalue weighted by Gasteiger charge is -2.35. The van der Waals surface area contributed by atoms with Crippen molar-refractivity contribution in [1.29, 1.82) is 0 Å². The molecule has 5 nitrogen and oxygen atoms in total. The predicted molar refractivity (Wildman–Crippen MR) is 105 cm³/mol. The van der Waals surface area contributed by atoms with Crippen LogP contribution in [0.15, 0.2) is 18.2 Å². The standard InChI is InChI=1S/C19H20Cl2F4N4O/c1-12-17(21)18(19(23,24)25)26-29(12)6-5-16(30)28-9-7-27(8-10-28)11-13-14(20)3-2-4-15(13)22/h2-4H,5-11H2,1H3. The van der Waals surface area contributed by atoms with Crippen molar-refractivity contribution in [3.63, 3.8) is 0 Å². The highest BCUT2D eigenvalue weighted by Crippen LogP contribution is 2.35. The molecule has 0 saturated carbocycles. The zero-order valence-corrected chi connectivity index (χ0v) is 17.7. The quantitative estimate of drug-likeness (QED) is 0.613. The highest BCUT2D eigenvalue weighted by molar-refractivity contribution is 6.32. The third-order valence-electron chi connectivity index (χ3n) is 5.11. The van der Waals surface area contributed by atoms with E-state index in [-0.39, 0.29) is 30.4 Å². The Balaban J connectivity index is 1.53. The second-order valence-corrected chi connectivity index (χ2v) is 7.86. The number of halogens is 6. The van der Waals surface area contributed by atoms with Gasteiger partial charge in [-0.3, -0.25) is 14.4 Å². The molecule has 0 N–H and O–H groups in total. The minimum atomic E-state index is -4.64. The number of rotatable bonds is 5. The van der Waals surface area contributed by atoms with Crippen molar-refractivity contribution in [1.82, 2.24) is 19.6 Å². The molecular weight excluding hydrogens is 447 g/mol. The first-order valence-electron chi connectivity index (χ1n) is 9.31. The molecule has 1 aliphatic heterocycles. The van der Waals surface area contributed by atoms with Crippen LogP contribution in [0.1, 0.15) is 23.4 Å². The molecule has 2 aromatic rings. The Morgan fingerprint density at radius 1 is 1.17 bits per heavy atom. The molecule has 0 radical (unpaired) electrons. The highest BCUT2D eigenvalue weighted by Gasteiger charge is 2.38. The number of benzene rings is 1. The van der Waals surface area contributed by atoms with Gasteiger partial charge < -0.3 is 4.90 Å². The van der Waals surface area contributed by atoms with Crippen LogP contribution in [0.4, 0.5) is 17.6 Å². The summed E-state index contributed by atoms with van der Waals surface area (Å²) in [5.74, 6) is -0.550. The Labute approximate surface area is 181 Å². The molecule has 1 fully saturated rings. The second-order valence-electron chi connectivity index (χ2n) is 7.08. The smallest absolute Gasteiger partial charge is 0.340 e. The molecular formula is C19H20Cl2F4N4O. The van der Waals surface area contributed by atoms with E-state index in [1.165, 1.54) is 13.0 Å². The summed E-state index contributed by atoms with van der Waals surface area (Å²) in [5, 5.41) is 3.42. The summed E-state index contributed by atoms with van der Waals surface area (Å²) in [5.41, 5.74) is -0.552. The summed E-state index contributed by atoms with van der Waals surface area (Å²) in [4.78, 5) is 16.1. The van der Waals surface area contributed by atoms with E-state index in [0.29, 0.717) is 43.3 Å². The van der Waals surface area contributed by atoms with E-state index >= 15 is 0 Å². The van der Waals surface area contributed by atoms with Gasteiger partial charge in [0.15, 0.2) is 5.69 Å². The van der Waals surface area contributed by atoms with Crippen LogP contribution < -0.4 is 0 Å². The van der Waals surface area contributed by atoms with Gasteiger partial charge in [0.05, 0.1) is 17.3 Å². The maximum atomic E-state index is 13.9. The molecule has 0 spiro atoms. The number of carbonyl (C=O) groups is 1. The van der Waals surface area contributed by atoms with Gasteiger partial charge in [-0.25, -0.2) is 4.39 Å². The number of aromatic nitrogens is 2. The van der Waals surface area contributed by atoms with Crippen molar-refractivity contribution in [3.05, 3.63) is 51.0 Å². The van der Waals surface area contributed by atoms with Crippen molar-refractivity contribution in [2.45, 2.75) is 32.6 Å². The summed E-state index contributed by atoms with van der Waals surface area (Å²) in [6, 6.07) is 4.53. The Kier molecular flexibility index (Phi) is 6.94. The minimum Gasteiger partial charge on any atom is -0.340 e. The lowest BCUT2D eigenvalue weighted by Crippen LogP contribution is -2.48. The van der Waals surface area contributed by atoms with E-state index in [1.807, 2.05) is 4.90 Å². The average molecular weight is 467 g/mol. The first-order valence-corrected chi connectivity index (χ1v) is 10.1. The Morgan fingerprint density at radius 2 is 1.83 bits per heavy atom. The maximum Gasteiger partial charge on any atom is 0.436 e. The number of piperazine rings is 1. The molecule has 1 aromatic heterocycles. The molecule has 2 heterocycles. The summed E-state index contributed by atoms with van der Waals surface area (Å²) in [6.45, 7) is 3.75. The van der Waals surface area contributed by atoms with Crippen LogP contribution in [0, 0.1) is 12.7 Å². The molecule has 1 aromatic carbocycles. The van der Waals surface area contributed by atoms with Crippen molar-refractivity contribution >= 4 is 29.1 Å². The molecule has 3 rings (SSSR count). The largest absolute Gasteiger partial charge is 0.436 e. The summed E-state index contributed by atoms with van der Waals surface area (Å²) >= 11 is 11.8. The monoisotopic (exact) mass is 466 g/mol. The van der Waals surface area contributed by atoms with Gasteiger partial charge in [-0.2, -0.15) is 18.3 Å². The van der Waals surface area contributed by atoms with Crippen LogP contribution in [0.3, 0.4) is 0 Å². The highest BCUT2D eigenvalue weighted by atomic mass is 35.5. The van der Waals surface area contributed by atoms with E-state index in [1.54, 1.807) is 17.0 Å². The average Bonchev–Trinajstić information content (AvgIpc) is 2.98. The first kappa shape index (κ1) is 22.8. The number of hydrogen-bond donors (Lipinski definition) is 0. The van der Waals surface area contributed by atoms with Crippen molar-refractivity contribution in [2.24, 2.45) is 0 Å². The first-order chi connectivity index (χ1) is 14.1. The fraction of sp³-hybridized carbons (Fsp3) is 0.474. The zero-order chi connectivity index (χ0) is 22.1. The molecule has 30 heavy (non-hydrogen) atoms. The lowest BCUT2D eigenvalue weighted by atomic mass is 10.1. The third kappa shape index (κ3) is 5.07. The van der Waals surface area contributed by atoms with Crippen LogP contribution in [0.5, 0.6) is 0 Å². The van der Waals surface area contributed by atoms with Gasteiger partial charge in [-0.1, -0.05) is 29.3 Å². The molecule has 1 amide bonds. The molecule has 11 heteroatoms. The molecule has 0 bridgehead atoms. The number of nitrogens with zero attached hydrogens (tertiary/aromatic N) is 4. The van der Waals surface area contributed by atoms with E-state index in [9.17, 15) is 22.4 Å². The van der Waals surface area contributed by atoms with Crippen LogP contribution in [0.25, 0.3) is 0 Å². The van der Waals surface area contributed by atoms with Gasteiger partial charge >= 0.3 is 6.18 Å². The normalized spacial score (nSPS) is 15.6. The van der Waals surface area contributed by atoms with E-state index in [4.69, 9.17) is 23.2 Å². The molecule has 0 unspecified atom stereocenters. The minimum absolute atomic E-state index is 0.00547. The molecule has 0 atom stereocenters. The number of hydrogen-bond acceptors (Lipinski definition) is 3. The van der Waals surface area contributed by atoms with E-state index in [2.05, 4.69) is 5.10 Å². The van der Waals surface area contributed by atoms with Crippen molar-refractivity contribution in [2.75, 3.05) is 26.2 Å². The van der Waals surface area contributed by atoms with Gasteiger partial charge in [0.2, 0.25) is 5.91 Å². The molecule has 164 valence electrons. The van der Waals surface area contributed by atoms with E-state index in [0.717, 1.165) is 4.68 Å². The Morgan fingerprint density at radius 3 is 2.40 bits per heavy atom. The topological polar surface area (TPSA) is 41.4 Å². The third-order valence-corrected chi connectivity index (χ3v) is 5.91. The second kappa shape index (κ2) is 9.11. The molecule has 0 aliphatic carbocycles. The maximum absolute atomic E-state index is 13.9. The fourth-order valence-electron chi connectivity index (χ4n) is 3.35. The predicted octanol–water partition coefficient (Wildman–Crippen LogP) is 4.39.